The summed E-state index contributed by atoms with van der Waals surface area (Å²) < 4.78 is 4.80. The van der Waals surface area contributed by atoms with Crippen molar-refractivity contribution in [3.8, 4) is 0 Å². The van der Waals surface area contributed by atoms with E-state index in [9.17, 15) is 14.4 Å². The molecule has 0 spiro atoms. The van der Waals surface area contributed by atoms with Crippen LogP contribution < -0.4 is 10.2 Å². The molecule has 1 heterocycles. The molecule has 2 aromatic carbocycles. The summed E-state index contributed by atoms with van der Waals surface area (Å²) in [6.07, 6.45) is 1.40. The molecule has 3 rings (SSSR count). The molecule has 0 bridgehead atoms. The molecule has 29 heavy (non-hydrogen) atoms. The van der Waals surface area contributed by atoms with Gasteiger partial charge in [0.05, 0.1) is 31.8 Å². The number of likely N-dealkylation sites (tertiary alicyclic amines) is 1. The quantitative estimate of drug-likeness (QED) is 0.558. The van der Waals surface area contributed by atoms with E-state index in [1.165, 1.54) is 7.11 Å². The van der Waals surface area contributed by atoms with Gasteiger partial charge >= 0.3 is 5.97 Å². The van der Waals surface area contributed by atoms with Crippen LogP contribution in [0.25, 0.3) is 0 Å². The number of ketones is 1. The van der Waals surface area contributed by atoms with Crippen LogP contribution in [-0.4, -0.2) is 44.4 Å². The van der Waals surface area contributed by atoms with Crippen LogP contribution in [0.1, 0.15) is 28.8 Å². The number of halogens is 1. The standard InChI is InChI=1S/C22H23ClN2O4/c1-29-22(28)16-9-11-25(12-10-16)14-20(26)24-19-8-7-17(23)13-18(19)21(27)15-5-3-2-4-6-15/h2-8,13,16H,9-12,14H2,1H3,(H,24,26)/p+1. The Morgan fingerprint density at radius 2 is 1.79 bits per heavy atom. The summed E-state index contributed by atoms with van der Waals surface area (Å²) in [5.74, 6) is -0.646. The number of quaternary nitrogens is 1. The largest absolute Gasteiger partial charge is 0.469 e. The third-order valence-electron chi connectivity index (χ3n) is 5.17. The molecule has 1 aliphatic rings. The van der Waals surface area contributed by atoms with Gasteiger partial charge in [0.15, 0.2) is 12.3 Å². The summed E-state index contributed by atoms with van der Waals surface area (Å²) in [5.41, 5.74) is 1.33. The fourth-order valence-electron chi connectivity index (χ4n) is 3.59. The fraction of sp³-hybridized carbons (Fsp3) is 0.318. The molecule has 152 valence electrons. The van der Waals surface area contributed by atoms with E-state index >= 15 is 0 Å². The van der Waals surface area contributed by atoms with Crippen LogP contribution in [0.15, 0.2) is 48.5 Å². The molecular weight excluding hydrogens is 392 g/mol. The lowest BCUT2D eigenvalue weighted by Crippen LogP contribution is -3.14. The summed E-state index contributed by atoms with van der Waals surface area (Å²) in [5, 5.41) is 3.28. The Kier molecular flexibility index (Phi) is 7.01. The van der Waals surface area contributed by atoms with E-state index in [0.29, 0.717) is 34.7 Å². The van der Waals surface area contributed by atoms with Crippen LogP contribution in [0, 0.1) is 5.92 Å². The predicted octanol–water partition coefficient (Wildman–Crippen LogP) is 1.98. The first-order valence-electron chi connectivity index (χ1n) is 9.58. The number of carbonyl (C=O) groups excluding carboxylic acids is 3. The first-order chi connectivity index (χ1) is 14.0. The van der Waals surface area contributed by atoms with Crippen molar-refractivity contribution in [3.05, 3.63) is 64.7 Å². The summed E-state index contributed by atoms with van der Waals surface area (Å²) in [6.45, 7) is 1.72. The van der Waals surface area contributed by atoms with Crippen molar-refractivity contribution in [2.24, 2.45) is 5.92 Å². The Morgan fingerprint density at radius 3 is 2.45 bits per heavy atom. The number of piperidine rings is 1. The zero-order valence-corrected chi connectivity index (χ0v) is 17.0. The van der Waals surface area contributed by atoms with Gasteiger partial charge in [-0.25, -0.2) is 0 Å². The van der Waals surface area contributed by atoms with Gasteiger partial charge in [0, 0.05) is 29.0 Å². The molecule has 0 atom stereocenters. The maximum Gasteiger partial charge on any atom is 0.309 e. The molecule has 0 saturated carbocycles. The number of anilines is 1. The maximum atomic E-state index is 12.9. The van der Waals surface area contributed by atoms with Gasteiger partial charge < -0.3 is 15.0 Å². The van der Waals surface area contributed by atoms with Gasteiger partial charge in [-0.3, -0.25) is 14.4 Å². The van der Waals surface area contributed by atoms with E-state index in [0.717, 1.165) is 18.0 Å². The Hall–Kier alpha value is -2.70. The highest BCUT2D eigenvalue weighted by molar-refractivity contribution is 6.31. The molecular formula is C22H24ClN2O4+. The SMILES string of the molecule is COC(=O)C1CC[NH+](CC(=O)Nc2ccc(Cl)cc2C(=O)c2ccccc2)CC1. The second kappa shape index (κ2) is 9.67. The van der Waals surface area contributed by atoms with Gasteiger partial charge in [0.2, 0.25) is 0 Å². The van der Waals surface area contributed by atoms with E-state index in [-0.39, 0.29) is 30.1 Å². The Morgan fingerprint density at radius 1 is 1.10 bits per heavy atom. The topological polar surface area (TPSA) is 76.9 Å². The number of ether oxygens (including phenoxy) is 1. The second-order valence-corrected chi connectivity index (χ2v) is 7.59. The lowest BCUT2D eigenvalue weighted by atomic mass is 9.97. The fourth-order valence-corrected chi connectivity index (χ4v) is 3.76. The van der Waals surface area contributed by atoms with Crippen LogP contribution in [-0.2, 0) is 14.3 Å². The minimum Gasteiger partial charge on any atom is -0.469 e. The van der Waals surface area contributed by atoms with Crippen molar-refractivity contribution in [3.63, 3.8) is 0 Å². The van der Waals surface area contributed by atoms with Gasteiger partial charge in [0.1, 0.15) is 0 Å². The van der Waals surface area contributed by atoms with E-state index in [4.69, 9.17) is 16.3 Å². The smallest absolute Gasteiger partial charge is 0.309 e. The van der Waals surface area contributed by atoms with E-state index in [1.54, 1.807) is 42.5 Å². The first kappa shape index (κ1) is 21.0. The molecule has 0 unspecified atom stereocenters. The Labute approximate surface area is 174 Å². The minimum atomic E-state index is -0.199. The Bertz CT molecular complexity index is 893. The summed E-state index contributed by atoms with van der Waals surface area (Å²) in [6, 6.07) is 13.7. The summed E-state index contributed by atoms with van der Waals surface area (Å²) in [7, 11) is 1.40. The van der Waals surface area contributed by atoms with Crippen molar-refractivity contribution >= 4 is 34.9 Å². The first-order valence-corrected chi connectivity index (χ1v) is 9.96. The summed E-state index contributed by atoms with van der Waals surface area (Å²) >= 11 is 6.08. The molecule has 0 aromatic heterocycles. The third-order valence-corrected chi connectivity index (χ3v) is 5.41. The normalized spacial score (nSPS) is 18.7. The molecule has 1 saturated heterocycles. The number of esters is 1. The minimum absolute atomic E-state index is 0.0850. The van der Waals surface area contributed by atoms with E-state index in [1.807, 2.05) is 6.07 Å². The van der Waals surface area contributed by atoms with Gasteiger partial charge in [-0.15, -0.1) is 0 Å². The van der Waals surface area contributed by atoms with E-state index in [2.05, 4.69) is 5.32 Å². The molecule has 0 aliphatic carbocycles. The average molecular weight is 416 g/mol. The van der Waals surface area contributed by atoms with Crippen molar-refractivity contribution in [1.29, 1.82) is 0 Å². The van der Waals surface area contributed by atoms with Crippen LogP contribution in [0.5, 0.6) is 0 Å². The van der Waals surface area contributed by atoms with E-state index < -0.39 is 0 Å². The number of rotatable bonds is 6. The molecule has 7 heteroatoms. The monoisotopic (exact) mass is 415 g/mol. The van der Waals surface area contributed by atoms with Crippen LogP contribution in [0.3, 0.4) is 0 Å². The van der Waals surface area contributed by atoms with Crippen LogP contribution in [0.4, 0.5) is 5.69 Å². The molecule has 2 N–H and O–H groups in total. The summed E-state index contributed by atoms with van der Waals surface area (Å²) in [4.78, 5) is 38.2. The zero-order chi connectivity index (χ0) is 20.8. The van der Waals surface area contributed by atoms with Crippen molar-refractivity contribution < 1.29 is 24.0 Å². The van der Waals surface area contributed by atoms with Gasteiger partial charge in [-0.1, -0.05) is 41.9 Å². The van der Waals surface area contributed by atoms with Gasteiger partial charge in [-0.05, 0) is 18.2 Å². The maximum absolute atomic E-state index is 12.9. The number of hydrogen-bond donors (Lipinski definition) is 2. The molecule has 0 radical (unpaired) electrons. The van der Waals surface area contributed by atoms with Crippen molar-refractivity contribution in [2.45, 2.75) is 12.8 Å². The predicted molar refractivity (Wildman–Crippen MR) is 110 cm³/mol. The van der Waals surface area contributed by atoms with Crippen LogP contribution in [0.2, 0.25) is 5.02 Å². The third kappa shape index (κ3) is 5.43. The second-order valence-electron chi connectivity index (χ2n) is 7.16. The number of amides is 1. The Balaban J connectivity index is 1.65. The average Bonchev–Trinajstić information content (AvgIpc) is 2.75. The highest BCUT2D eigenvalue weighted by Crippen LogP contribution is 2.23. The number of nitrogens with one attached hydrogen (secondary N) is 2. The van der Waals surface area contributed by atoms with Gasteiger partial charge in [0.25, 0.3) is 5.91 Å². The molecule has 2 aromatic rings. The highest BCUT2D eigenvalue weighted by atomic mass is 35.5. The van der Waals surface area contributed by atoms with Crippen molar-refractivity contribution in [2.75, 3.05) is 32.1 Å². The number of carbonyl (C=O) groups is 3. The molecule has 1 amide bonds. The number of hydrogen-bond acceptors (Lipinski definition) is 4. The van der Waals surface area contributed by atoms with Crippen molar-refractivity contribution in [1.82, 2.24) is 0 Å². The number of benzene rings is 2. The molecule has 1 fully saturated rings. The van der Waals surface area contributed by atoms with Gasteiger partial charge in [-0.2, -0.15) is 0 Å². The lowest BCUT2D eigenvalue weighted by Gasteiger charge is -2.27. The highest BCUT2D eigenvalue weighted by Gasteiger charge is 2.29. The number of methoxy groups -OCH3 is 1. The molecule has 6 nitrogen and oxygen atoms in total. The zero-order valence-electron chi connectivity index (χ0n) is 16.2. The molecule has 1 aliphatic heterocycles. The lowest BCUT2D eigenvalue weighted by molar-refractivity contribution is -0.897. The van der Waals surface area contributed by atoms with Crippen LogP contribution >= 0.6 is 11.6 Å².